The number of benzene rings is 1. The molecule has 1 atom stereocenters. The van der Waals surface area contributed by atoms with Gasteiger partial charge in [-0.1, -0.05) is 0 Å². The molecule has 1 fully saturated rings. The van der Waals surface area contributed by atoms with E-state index in [9.17, 15) is 9.18 Å². The van der Waals surface area contributed by atoms with Gasteiger partial charge in [0, 0.05) is 18.2 Å². The SMILES string of the molecule is COc1cc(C(=O)NC(CN)C2CC2)ccc1F. The number of carbonyl (C=O) groups is 1. The van der Waals surface area contributed by atoms with E-state index < -0.39 is 5.82 Å². The summed E-state index contributed by atoms with van der Waals surface area (Å²) in [5, 5.41) is 2.87. The number of nitrogens with two attached hydrogens (primary N) is 1. The highest BCUT2D eigenvalue weighted by atomic mass is 19.1. The number of amides is 1. The van der Waals surface area contributed by atoms with Gasteiger partial charge in [-0.05, 0) is 37.0 Å². The molecule has 0 aromatic heterocycles. The van der Waals surface area contributed by atoms with E-state index in [1.807, 2.05) is 0 Å². The molecule has 0 aliphatic heterocycles. The van der Waals surface area contributed by atoms with Crippen LogP contribution in [0.1, 0.15) is 23.2 Å². The summed E-state index contributed by atoms with van der Waals surface area (Å²) in [5.41, 5.74) is 6.00. The zero-order chi connectivity index (χ0) is 13.1. The molecule has 1 aromatic carbocycles. The Balaban J connectivity index is 2.08. The maximum absolute atomic E-state index is 13.2. The summed E-state index contributed by atoms with van der Waals surface area (Å²) in [5.74, 6) is -0.165. The van der Waals surface area contributed by atoms with E-state index in [0.29, 0.717) is 18.0 Å². The van der Waals surface area contributed by atoms with Gasteiger partial charge in [-0.25, -0.2) is 4.39 Å². The smallest absolute Gasteiger partial charge is 0.251 e. The fraction of sp³-hybridized carbons (Fsp3) is 0.462. The van der Waals surface area contributed by atoms with Crippen molar-refractivity contribution < 1.29 is 13.9 Å². The fourth-order valence-electron chi connectivity index (χ4n) is 1.92. The standard InChI is InChI=1S/C13H17FN2O2/c1-18-12-6-9(4-5-10(12)14)13(17)16-11(7-15)8-2-3-8/h4-6,8,11H,2-3,7,15H2,1H3,(H,16,17). The van der Waals surface area contributed by atoms with Crippen molar-refractivity contribution in [2.45, 2.75) is 18.9 Å². The Morgan fingerprint density at radius 1 is 1.61 bits per heavy atom. The number of halogens is 1. The molecule has 0 bridgehead atoms. The van der Waals surface area contributed by atoms with Crippen molar-refractivity contribution in [3.05, 3.63) is 29.6 Å². The Morgan fingerprint density at radius 2 is 2.33 bits per heavy atom. The number of methoxy groups -OCH3 is 1. The Hall–Kier alpha value is -1.62. The highest BCUT2D eigenvalue weighted by Gasteiger charge is 2.31. The van der Waals surface area contributed by atoms with Crippen molar-refractivity contribution in [3.63, 3.8) is 0 Å². The molecule has 1 saturated carbocycles. The number of carbonyl (C=O) groups excluding carboxylic acids is 1. The average molecular weight is 252 g/mol. The van der Waals surface area contributed by atoms with Crippen LogP contribution in [0.2, 0.25) is 0 Å². The molecule has 2 rings (SSSR count). The number of nitrogens with one attached hydrogen (secondary N) is 1. The molecule has 4 nitrogen and oxygen atoms in total. The van der Waals surface area contributed by atoms with Crippen molar-refractivity contribution >= 4 is 5.91 Å². The van der Waals surface area contributed by atoms with Crippen LogP contribution < -0.4 is 15.8 Å². The monoisotopic (exact) mass is 252 g/mol. The molecule has 1 unspecified atom stereocenters. The van der Waals surface area contributed by atoms with Crippen LogP contribution in [0.4, 0.5) is 4.39 Å². The van der Waals surface area contributed by atoms with Crippen molar-refractivity contribution in [1.82, 2.24) is 5.32 Å². The minimum Gasteiger partial charge on any atom is -0.494 e. The predicted octanol–water partition coefficient (Wildman–Crippen LogP) is 1.30. The van der Waals surface area contributed by atoms with Crippen LogP contribution in [0.15, 0.2) is 18.2 Å². The number of hydrogen-bond donors (Lipinski definition) is 2. The van der Waals surface area contributed by atoms with Gasteiger partial charge in [0.25, 0.3) is 5.91 Å². The second kappa shape index (κ2) is 5.35. The van der Waals surface area contributed by atoms with Gasteiger partial charge >= 0.3 is 0 Å². The van der Waals surface area contributed by atoms with Crippen molar-refractivity contribution in [2.75, 3.05) is 13.7 Å². The van der Waals surface area contributed by atoms with E-state index in [4.69, 9.17) is 10.5 Å². The Labute approximate surface area is 105 Å². The lowest BCUT2D eigenvalue weighted by atomic mass is 10.1. The first-order chi connectivity index (χ1) is 8.65. The third-order valence-electron chi connectivity index (χ3n) is 3.17. The molecule has 1 aliphatic carbocycles. The molecular formula is C13H17FN2O2. The zero-order valence-corrected chi connectivity index (χ0v) is 10.3. The van der Waals surface area contributed by atoms with Gasteiger partial charge in [0.1, 0.15) is 0 Å². The summed E-state index contributed by atoms with van der Waals surface area (Å²) >= 11 is 0. The first-order valence-electron chi connectivity index (χ1n) is 6.00. The number of ether oxygens (including phenoxy) is 1. The van der Waals surface area contributed by atoms with Crippen LogP contribution >= 0.6 is 0 Å². The summed E-state index contributed by atoms with van der Waals surface area (Å²) in [4.78, 5) is 12.0. The molecule has 3 N–H and O–H groups in total. The summed E-state index contributed by atoms with van der Waals surface area (Å²) in [6, 6.07) is 4.06. The molecule has 0 spiro atoms. The van der Waals surface area contributed by atoms with Gasteiger partial charge in [0.05, 0.1) is 7.11 Å². The number of hydrogen-bond acceptors (Lipinski definition) is 3. The highest BCUT2D eigenvalue weighted by molar-refractivity contribution is 5.94. The third-order valence-corrected chi connectivity index (χ3v) is 3.17. The second-order valence-corrected chi connectivity index (χ2v) is 4.50. The largest absolute Gasteiger partial charge is 0.494 e. The van der Waals surface area contributed by atoms with Crippen molar-refractivity contribution in [3.8, 4) is 5.75 Å². The van der Waals surface area contributed by atoms with Gasteiger partial charge in [0.15, 0.2) is 11.6 Å². The minimum absolute atomic E-state index is 0.00791. The van der Waals surface area contributed by atoms with E-state index in [0.717, 1.165) is 12.8 Å². The zero-order valence-electron chi connectivity index (χ0n) is 10.3. The van der Waals surface area contributed by atoms with Gasteiger partial charge < -0.3 is 15.8 Å². The first-order valence-corrected chi connectivity index (χ1v) is 6.00. The molecule has 18 heavy (non-hydrogen) atoms. The molecule has 0 radical (unpaired) electrons. The maximum Gasteiger partial charge on any atom is 0.251 e. The lowest BCUT2D eigenvalue weighted by molar-refractivity contribution is 0.0933. The van der Waals surface area contributed by atoms with Gasteiger partial charge in [-0.3, -0.25) is 4.79 Å². The van der Waals surface area contributed by atoms with Crippen molar-refractivity contribution in [2.24, 2.45) is 11.7 Å². The second-order valence-electron chi connectivity index (χ2n) is 4.50. The summed E-state index contributed by atoms with van der Waals surface area (Å²) < 4.78 is 18.1. The van der Waals surface area contributed by atoms with Crippen LogP contribution in [0.3, 0.4) is 0 Å². The Kier molecular flexibility index (Phi) is 3.81. The summed E-state index contributed by atoms with van der Waals surface area (Å²) in [6.07, 6.45) is 2.21. The van der Waals surface area contributed by atoms with Crippen LogP contribution in [0, 0.1) is 11.7 Å². The quantitative estimate of drug-likeness (QED) is 0.830. The average Bonchev–Trinajstić information content (AvgIpc) is 3.20. The minimum atomic E-state index is -0.480. The fourth-order valence-corrected chi connectivity index (χ4v) is 1.92. The Morgan fingerprint density at radius 3 is 2.89 bits per heavy atom. The molecule has 1 aliphatic rings. The van der Waals surface area contributed by atoms with E-state index in [1.54, 1.807) is 0 Å². The molecule has 0 saturated heterocycles. The Bertz CT molecular complexity index is 447. The third kappa shape index (κ3) is 2.79. The van der Waals surface area contributed by atoms with E-state index in [1.165, 1.54) is 25.3 Å². The van der Waals surface area contributed by atoms with Gasteiger partial charge in [-0.2, -0.15) is 0 Å². The predicted molar refractivity (Wildman–Crippen MR) is 66.0 cm³/mol. The molecule has 1 aromatic rings. The lowest BCUT2D eigenvalue weighted by Gasteiger charge is -2.16. The van der Waals surface area contributed by atoms with E-state index in [-0.39, 0.29) is 17.7 Å². The van der Waals surface area contributed by atoms with Gasteiger partial charge in [-0.15, -0.1) is 0 Å². The van der Waals surface area contributed by atoms with Gasteiger partial charge in [0.2, 0.25) is 0 Å². The van der Waals surface area contributed by atoms with E-state index >= 15 is 0 Å². The van der Waals surface area contributed by atoms with Crippen LogP contribution in [-0.2, 0) is 0 Å². The van der Waals surface area contributed by atoms with Crippen LogP contribution in [0.25, 0.3) is 0 Å². The maximum atomic E-state index is 13.2. The number of rotatable bonds is 5. The highest BCUT2D eigenvalue weighted by Crippen LogP contribution is 2.32. The summed E-state index contributed by atoms with van der Waals surface area (Å²) in [6.45, 7) is 0.425. The molecular weight excluding hydrogens is 235 g/mol. The van der Waals surface area contributed by atoms with Crippen LogP contribution in [-0.4, -0.2) is 25.6 Å². The summed E-state index contributed by atoms with van der Waals surface area (Å²) in [7, 11) is 1.37. The van der Waals surface area contributed by atoms with Crippen molar-refractivity contribution in [1.29, 1.82) is 0 Å². The van der Waals surface area contributed by atoms with Crippen LogP contribution in [0.5, 0.6) is 5.75 Å². The first kappa shape index (κ1) is 12.8. The molecule has 98 valence electrons. The molecule has 0 heterocycles. The van der Waals surface area contributed by atoms with E-state index in [2.05, 4.69) is 5.32 Å². The molecule has 5 heteroatoms. The normalized spacial score (nSPS) is 16.2. The topological polar surface area (TPSA) is 64.3 Å². The molecule has 1 amide bonds. The lowest BCUT2D eigenvalue weighted by Crippen LogP contribution is -2.41.